The summed E-state index contributed by atoms with van der Waals surface area (Å²) in [5.41, 5.74) is 1.29. The minimum Gasteiger partial charge on any atom is -0.442 e. The molecule has 0 atom stereocenters. The van der Waals surface area contributed by atoms with E-state index in [2.05, 4.69) is 32.6 Å². The number of anilines is 1. The highest BCUT2D eigenvalue weighted by Crippen LogP contribution is 2.26. The van der Waals surface area contributed by atoms with Crippen LogP contribution in [0.15, 0.2) is 24.3 Å². The van der Waals surface area contributed by atoms with Gasteiger partial charge in [0, 0.05) is 12.0 Å². The van der Waals surface area contributed by atoms with Gasteiger partial charge in [-0.3, -0.25) is 0 Å². The molecule has 0 radical (unpaired) electrons. The van der Waals surface area contributed by atoms with Gasteiger partial charge in [-0.05, 0) is 51.6 Å². The average Bonchev–Trinajstić information content (AvgIpc) is 2.50. The lowest BCUT2D eigenvalue weighted by atomic mass is 9.84. The quantitative estimate of drug-likeness (QED) is 0.486. The van der Waals surface area contributed by atoms with Gasteiger partial charge in [-0.25, -0.2) is 15.6 Å². The third-order valence-corrected chi connectivity index (χ3v) is 4.03. The van der Waals surface area contributed by atoms with Gasteiger partial charge in [0.25, 0.3) is 0 Å². The molecular formula is C19H33N3O2. The first kappa shape index (κ1) is 20.5. The van der Waals surface area contributed by atoms with Crippen molar-refractivity contribution >= 4 is 11.8 Å². The summed E-state index contributed by atoms with van der Waals surface area (Å²) in [5, 5.41) is 1.05. The van der Waals surface area contributed by atoms with Crippen molar-refractivity contribution in [1.29, 1.82) is 0 Å². The molecule has 0 aliphatic heterocycles. The minimum absolute atomic E-state index is 0.0237. The standard InChI is InChI=1S/C19H33N3O2/c1-8-21(9-2)14-19(6,7)15-10-12-16(13-11-15)22(20)17(23)24-18(3,4)5/h10-13H,8-9,14,20H2,1-7H3. The van der Waals surface area contributed by atoms with Gasteiger partial charge in [0.2, 0.25) is 0 Å². The topological polar surface area (TPSA) is 58.8 Å². The third kappa shape index (κ3) is 5.80. The Bertz CT molecular complexity index is 529. The maximum Gasteiger partial charge on any atom is 0.429 e. The van der Waals surface area contributed by atoms with Crippen molar-refractivity contribution in [2.24, 2.45) is 5.84 Å². The molecule has 0 aliphatic rings. The highest BCUT2D eigenvalue weighted by molar-refractivity contribution is 5.86. The number of hydrogen-bond donors (Lipinski definition) is 1. The summed E-state index contributed by atoms with van der Waals surface area (Å²) in [7, 11) is 0. The fourth-order valence-corrected chi connectivity index (χ4v) is 2.59. The number of hydrazine groups is 1. The summed E-state index contributed by atoms with van der Waals surface area (Å²) >= 11 is 0. The van der Waals surface area contributed by atoms with Gasteiger partial charge in [-0.1, -0.05) is 39.8 Å². The number of likely N-dealkylation sites (N-methyl/N-ethyl adjacent to an activating group) is 1. The molecule has 0 aromatic heterocycles. The predicted octanol–water partition coefficient (Wildman–Crippen LogP) is 3.92. The van der Waals surface area contributed by atoms with Crippen LogP contribution in [-0.4, -0.2) is 36.2 Å². The van der Waals surface area contributed by atoms with Crippen molar-refractivity contribution in [3.05, 3.63) is 29.8 Å². The van der Waals surface area contributed by atoms with Crippen LogP contribution in [0.1, 0.15) is 54.0 Å². The first-order valence-electron chi connectivity index (χ1n) is 8.61. The Morgan fingerprint density at radius 3 is 1.96 bits per heavy atom. The summed E-state index contributed by atoms with van der Waals surface area (Å²) in [6.45, 7) is 17.3. The molecule has 1 aromatic carbocycles. The van der Waals surface area contributed by atoms with Gasteiger partial charge in [0.1, 0.15) is 5.60 Å². The second-order valence-corrected chi connectivity index (χ2v) is 7.74. The van der Waals surface area contributed by atoms with Crippen LogP contribution >= 0.6 is 0 Å². The van der Waals surface area contributed by atoms with Gasteiger partial charge >= 0.3 is 6.09 Å². The number of hydrogen-bond acceptors (Lipinski definition) is 4. The van der Waals surface area contributed by atoms with Crippen LogP contribution in [0, 0.1) is 0 Å². The lowest BCUT2D eigenvalue weighted by Gasteiger charge is -2.32. The number of nitrogens with two attached hydrogens (primary N) is 1. The fraction of sp³-hybridized carbons (Fsp3) is 0.632. The van der Waals surface area contributed by atoms with Crippen molar-refractivity contribution in [3.8, 4) is 0 Å². The molecule has 1 rings (SSSR count). The van der Waals surface area contributed by atoms with E-state index >= 15 is 0 Å². The van der Waals surface area contributed by atoms with Crippen molar-refractivity contribution in [2.75, 3.05) is 24.6 Å². The van der Waals surface area contributed by atoms with Crippen LogP contribution in [0.5, 0.6) is 0 Å². The van der Waals surface area contributed by atoms with Crippen LogP contribution < -0.4 is 10.9 Å². The molecule has 136 valence electrons. The Hall–Kier alpha value is -1.59. The molecule has 0 fully saturated rings. The van der Waals surface area contributed by atoms with Crippen molar-refractivity contribution in [2.45, 2.75) is 59.5 Å². The monoisotopic (exact) mass is 335 g/mol. The molecule has 1 aromatic rings. The Kier molecular flexibility index (Phi) is 6.81. The zero-order valence-corrected chi connectivity index (χ0v) is 16.2. The van der Waals surface area contributed by atoms with Gasteiger partial charge < -0.3 is 9.64 Å². The molecule has 0 heterocycles. The molecule has 2 N–H and O–H groups in total. The third-order valence-electron chi connectivity index (χ3n) is 4.03. The molecule has 1 amide bonds. The van der Waals surface area contributed by atoms with E-state index in [0.717, 1.165) is 24.6 Å². The van der Waals surface area contributed by atoms with E-state index in [0.29, 0.717) is 5.69 Å². The highest BCUT2D eigenvalue weighted by atomic mass is 16.6. The van der Waals surface area contributed by atoms with Crippen LogP contribution in [0.4, 0.5) is 10.5 Å². The van der Waals surface area contributed by atoms with Crippen LogP contribution in [0.25, 0.3) is 0 Å². The molecule has 5 nitrogen and oxygen atoms in total. The van der Waals surface area contributed by atoms with Gasteiger partial charge in [-0.15, -0.1) is 0 Å². The maximum absolute atomic E-state index is 12.0. The maximum atomic E-state index is 12.0. The molecule has 0 aliphatic carbocycles. The van der Waals surface area contributed by atoms with Gasteiger partial charge in [-0.2, -0.15) is 0 Å². The molecule has 0 saturated heterocycles. The van der Waals surface area contributed by atoms with Crippen molar-refractivity contribution in [3.63, 3.8) is 0 Å². The Morgan fingerprint density at radius 1 is 1.04 bits per heavy atom. The summed E-state index contributed by atoms with van der Waals surface area (Å²) < 4.78 is 5.29. The predicted molar refractivity (Wildman–Crippen MR) is 100 cm³/mol. The smallest absolute Gasteiger partial charge is 0.429 e. The Balaban J connectivity index is 2.86. The number of carbonyl (C=O) groups is 1. The van der Waals surface area contributed by atoms with Crippen molar-refractivity contribution < 1.29 is 9.53 Å². The first-order valence-corrected chi connectivity index (χ1v) is 8.61. The van der Waals surface area contributed by atoms with Crippen LogP contribution in [-0.2, 0) is 10.2 Å². The Morgan fingerprint density at radius 2 is 1.54 bits per heavy atom. The van der Waals surface area contributed by atoms with E-state index in [1.807, 2.05) is 45.0 Å². The SMILES string of the molecule is CCN(CC)CC(C)(C)c1ccc(N(N)C(=O)OC(C)(C)C)cc1. The van der Waals surface area contributed by atoms with E-state index in [-0.39, 0.29) is 5.41 Å². The number of carbonyl (C=O) groups excluding carboxylic acids is 1. The fourth-order valence-electron chi connectivity index (χ4n) is 2.59. The zero-order valence-electron chi connectivity index (χ0n) is 16.2. The van der Waals surface area contributed by atoms with Crippen LogP contribution in [0.3, 0.4) is 0 Å². The van der Waals surface area contributed by atoms with E-state index in [1.54, 1.807) is 0 Å². The number of benzene rings is 1. The number of amides is 1. The normalized spacial score (nSPS) is 12.4. The number of nitrogens with zero attached hydrogens (tertiary/aromatic N) is 2. The molecule has 5 heteroatoms. The van der Waals surface area contributed by atoms with E-state index in [4.69, 9.17) is 10.6 Å². The largest absolute Gasteiger partial charge is 0.442 e. The van der Waals surface area contributed by atoms with Gasteiger partial charge in [0.05, 0.1) is 5.69 Å². The van der Waals surface area contributed by atoms with Crippen LogP contribution in [0.2, 0.25) is 0 Å². The van der Waals surface area contributed by atoms with E-state index < -0.39 is 11.7 Å². The molecule has 0 bridgehead atoms. The second-order valence-electron chi connectivity index (χ2n) is 7.74. The van der Waals surface area contributed by atoms with Crippen molar-refractivity contribution in [1.82, 2.24) is 4.90 Å². The summed E-state index contributed by atoms with van der Waals surface area (Å²) in [6.07, 6.45) is -0.558. The second kappa shape index (κ2) is 7.99. The van der Waals surface area contributed by atoms with E-state index in [9.17, 15) is 4.79 Å². The first-order chi connectivity index (χ1) is 11.0. The zero-order chi connectivity index (χ0) is 18.5. The number of rotatable bonds is 6. The number of ether oxygens (including phenoxy) is 1. The lowest BCUT2D eigenvalue weighted by Crippen LogP contribution is -2.41. The van der Waals surface area contributed by atoms with E-state index in [1.165, 1.54) is 5.56 Å². The molecule has 24 heavy (non-hydrogen) atoms. The minimum atomic E-state index is -0.569. The summed E-state index contributed by atoms with van der Waals surface area (Å²) in [4.78, 5) is 14.4. The summed E-state index contributed by atoms with van der Waals surface area (Å²) in [6, 6.07) is 7.79. The molecule has 0 unspecified atom stereocenters. The average molecular weight is 335 g/mol. The van der Waals surface area contributed by atoms with Gasteiger partial charge in [0.15, 0.2) is 0 Å². The molecule has 0 spiro atoms. The lowest BCUT2D eigenvalue weighted by molar-refractivity contribution is 0.0580. The molecule has 0 saturated carbocycles. The summed E-state index contributed by atoms with van der Waals surface area (Å²) in [5.74, 6) is 5.88. The highest BCUT2D eigenvalue weighted by Gasteiger charge is 2.24. The Labute approximate surface area is 146 Å². The molecular weight excluding hydrogens is 302 g/mol.